The van der Waals surface area contributed by atoms with Crippen molar-refractivity contribution < 1.29 is 4.74 Å². The van der Waals surface area contributed by atoms with Crippen LogP contribution in [0, 0.1) is 11.3 Å². The fourth-order valence-electron chi connectivity index (χ4n) is 1.61. The summed E-state index contributed by atoms with van der Waals surface area (Å²) in [5, 5.41) is 12.1. The van der Waals surface area contributed by atoms with Gasteiger partial charge in [-0.3, -0.25) is 0 Å². The second-order valence-corrected chi connectivity index (χ2v) is 5.27. The average molecular weight is 272 g/mol. The quantitative estimate of drug-likeness (QED) is 0.863. The second-order valence-electron chi connectivity index (χ2n) is 4.10. The highest BCUT2D eigenvalue weighted by Crippen LogP contribution is 2.19. The third kappa shape index (κ3) is 4.01. The van der Waals surface area contributed by atoms with Crippen LogP contribution in [-0.4, -0.2) is 6.61 Å². The summed E-state index contributed by atoms with van der Waals surface area (Å²) >= 11 is 1.52. The molecule has 0 bridgehead atoms. The summed E-state index contributed by atoms with van der Waals surface area (Å²) in [6, 6.07) is 13.9. The number of nitriles is 1. The van der Waals surface area contributed by atoms with Gasteiger partial charge in [0.2, 0.25) is 0 Å². The molecule has 3 nitrogen and oxygen atoms in total. The van der Waals surface area contributed by atoms with E-state index in [-0.39, 0.29) is 0 Å². The van der Waals surface area contributed by atoms with Gasteiger partial charge in [0.15, 0.2) is 0 Å². The van der Waals surface area contributed by atoms with Gasteiger partial charge in [-0.15, -0.1) is 11.3 Å². The van der Waals surface area contributed by atoms with Crippen molar-refractivity contribution in [3.05, 3.63) is 46.2 Å². The van der Waals surface area contributed by atoms with Crippen LogP contribution in [0.3, 0.4) is 0 Å². The average Bonchev–Trinajstić information content (AvgIpc) is 2.92. The molecule has 0 atom stereocenters. The van der Waals surface area contributed by atoms with E-state index in [4.69, 9.17) is 10.00 Å². The number of nitrogens with one attached hydrogen (secondary N) is 1. The molecule has 0 amide bonds. The third-order valence-corrected chi connectivity index (χ3v) is 3.56. The second kappa shape index (κ2) is 6.81. The summed E-state index contributed by atoms with van der Waals surface area (Å²) in [5.74, 6) is 0.898. The molecule has 2 aromatic rings. The van der Waals surface area contributed by atoms with Gasteiger partial charge in [-0.1, -0.05) is 6.92 Å². The molecule has 2 rings (SSSR count). The van der Waals surface area contributed by atoms with Gasteiger partial charge in [0.25, 0.3) is 0 Å². The van der Waals surface area contributed by atoms with E-state index in [0.717, 1.165) is 40.8 Å². The van der Waals surface area contributed by atoms with Gasteiger partial charge in [0, 0.05) is 17.1 Å². The number of anilines is 1. The van der Waals surface area contributed by atoms with Gasteiger partial charge in [-0.25, -0.2) is 0 Å². The van der Waals surface area contributed by atoms with Crippen LogP contribution in [0.25, 0.3) is 0 Å². The predicted octanol–water partition coefficient (Wildman–Crippen LogP) is 4.02. The van der Waals surface area contributed by atoms with E-state index in [1.54, 1.807) is 0 Å². The van der Waals surface area contributed by atoms with Crippen molar-refractivity contribution in [3.63, 3.8) is 0 Å². The Balaban J connectivity index is 1.87. The smallest absolute Gasteiger partial charge is 0.119 e. The lowest BCUT2D eigenvalue weighted by Gasteiger charge is -2.07. The Morgan fingerprint density at radius 3 is 2.63 bits per heavy atom. The molecule has 1 N–H and O–H groups in total. The fourth-order valence-corrected chi connectivity index (χ4v) is 2.36. The first-order chi connectivity index (χ1) is 9.31. The molecule has 1 aromatic carbocycles. The Kier molecular flexibility index (Phi) is 4.82. The maximum Gasteiger partial charge on any atom is 0.119 e. The van der Waals surface area contributed by atoms with Crippen molar-refractivity contribution >= 4 is 17.0 Å². The Labute approximate surface area is 117 Å². The molecule has 4 heteroatoms. The summed E-state index contributed by atoms with van der Waals surface area (Å²) in [4.78, 5) is 1.91. The third-order valence-electron chi connectivity index (χ3n) is 2.57. The Morgan fingerprint density at radius 1 is 1.21 bits per heavy atom. The molecule has 0 spiro atoms. The first-order valence-electron chi connectivity index (χ1n) is 6.27. The van der Waals surface area contributed by atoms with E-state index >= 15 is 0 Å². The van der Waals surface area contributed by atoms with Crippen molar-refractivity contribution in [1.82, 2.24) is 0 Å². The van der Waals surface area contributed by atoms with Gasteiger partial charge >= 0.3 is 0 Å². The largest absolute Gasteiger partial charge is 0.494 e. The van der Waals surface area contributed by atoms with Crippen LogP contribution in [0.5, 0.6) is 5.75 Å². The first-order valence-corrected chi connectivity index (χ1v) is 7.09. The zero-order valence-corrected chi connectivity index (χ0v) is 11.7. The zero-order valence-electron chi connectivity index (χ0n) is 10.8. The van der Waals surface area contributed by atoms with Crippen LogP contribution >= 0.6 is 11.3 Å². The Morgan fingerprint density at radius 2 is 2.00 bits per heavy atom. The van der Waals surface area contributed by atoms with Gasteiger partial charge in [-0.2, -0.15) is 5.26 Å². The summed E-state index contributed by atoms with van der Waals surface area (Å²) in [7, 11) is 0. The van der Waals surface area contributed by atoms with E-state index < -0.39 is 0 Å². The van der Waals surface area contributed by atoms with E-state index in [2.05, 4.69) is 18.3 Å². The number of rotatable bonds is 6. The van der Waals surface area contributed by atoms with Crippen LogP contribution in [0.2, 0.25) is 0 Å². The topological polar surface area (TPSA) is 45.0 Å². The number of hydrogen-bond donors (Lipinski definition) is 1. The predicted molar refractivity (Wildman–Crippen MR) is 78.6 cm³/mol. The number of benzene rings is 1. The SMILES string of the molecule is CCCOc1ccc(NCc2ccc(C#N)s2)cc1. The lowest BCUT2D eigenvalue weighted by atomic mass is 10.3. The lowest BCUT2D eigenvalue weighted by molar-refractivity contribution is 0.317. The standard InChI is InChI=1S/C15H16N2OS/c1-2-9-18-13-5-3-12(4-6-13)17-11-15-8-7-14(10-16)19-15/h3-8,17H,2,9,11H2,1H3. The lowest BCUT2D eigenvalue weighted by Crippen LogP contribution is -1.98. The highest BCUT2D eigenvalue weighted by molar-refractivity contribution is 7.12. The molecule has 0 aliphatic rings. The molecular weight excluding hydrogens is 256 g/mol. The van der Waals surface area contributed by atoms with Gasteiger partial charge < -0.3 is 10.1 Å². The molecule has 0 saturated heterocycles. The molecule has 0 fully saturated rings. The van der Waals surface area contributed by atoms with Gasteiger partial charge in [-0.05, 0) is 42.8 Å². The summed E-state index contributed by atoms with van der Waals surface area (Å²) in [6.45, 7) is 3.58. The minimum Gasteiger partial charge on any atom is -0.494 e. The Hall–Kier alpha value is -1.99. The summed E-state index contributed by atoms with van der Waals surface area (Å²) in [6.07, 6.45) is 1.01. The number of ether oxygens (including phenoxy) is 1. The van der Waals surface area contributed by atoms with Crippen molar-refractivity contribution in [2.75, 3.05) is 11.9 Å². The monoisotopic (exact) mass is 272 g/mol. The zero-order chi connectivity index (χ0) is 13.5. The number of hydrogen-bond acceptors (Lipinski definition) is 4. The molecular formula is C15H16N2OS. The van der Waals surface area contributed by atoms with Crippen molar-refractivity contribution in [2.45, 2.75) is 19.9 Å². The molecule has 0 saturated carbocycles. The summed E-state index contributed by atoms with van der Waals surface area (Å²) < 4.78 is 5.53. The highest BCUT2D eigenvalue weighted by Gasteiger charge is 1.99. The van der Waals surface area contributed by atoms with Crippen LogP contribution in [0.1, 0.15) is 23.1 Å². The normalized spacial score (nSPS) is 9.89. The maximum atomic E-state index is 8.76. The van der Waals surface area contributed by atoms with E-state index in [1.165, 1.54) is 11.3 Å². The molecule has 1 aromatic heterocycles. The van der Waals surface area contributed by atoms with E-state index in [0.29, 0.717) is 0 Å². The minimum atomic E-state index is 0.738. The molecule has 98 valence electrons. The number of nitrogens with zero attached hydrogens (tertiary/aromatic N) is 1. The molecule has 0 unspecified atom stereocenters. The van der Waals surface area contributed by atoms with Crippen LogP contribution in [0.4, 0.5) is 5.69 Å². The summed E-state index contributed by atoms with van der Waals surface area (Å²) in [5.41, 5.74) is 1.05. The number of thiophene rings is 1. The van der Waals surface area contributed by atoms with Crippen LogP contribution in [0.15, 0.2) is 36.4 Å². The molecule has 0 aliphatic carbocycles. The first kappa shape index (κ1) is 13.4. The molecule has 19 heavy (non-hydrogen) atoms. The molecule has 0 aliphatic heterocycles. The Bertz CT molecular complexity index is 554. The van der Waals surface area contributed by atoms with E-state index in [1.807, 2.05) is 36.4 Å². The maximum absolute atomic E-state index is 8.76. The fraction of sp³-hybridized carbons (Fsp3) is 0.267. The minimum absolute atomic E-state index is 0.738. The molecule has 1 heterocycles. The highest BCUT2D eigenvalue weighted by atomic mass is 32.1. The van der Waals surface area contributed by atoms with Gasteiger partial charge in [0.05, 0.1) is 6.61 Å². The van der Waals surface area contributed by atoms with Crippen molar-refractivity contribution in [1.29, 1.82) is 5.26 Å². The van der Waals surface area contributed by atoms with Crippen molar-refractivity contribution in [3.8, 4) is 11.8 Å². The molecule has 0 radical (unpaired) electrons. The van der Waals surface area contributed by atoms with E-state index in [9.17, 15) is 0 Å². The van der Waals surface area contributed by atoms with Crippen LogP contribution in [-0.2, 0) is 6.54 Å². The van der Waals surface area contributed by atoms with Crippen LogP contribution < -0.4 is 10.1 Å². The van der Waals surface area contributed by atoms with Gasteiger partial charge in [0.1, 0.15) is 16.7 Å². The van der Waals surface area contributed by atoms with Crippen molar-refractivity contribution in [2.24, 2.45) is 0 Å².